The van der Waals surface area contributed by atoms with E-state index in [1.165, 1.54) is 103 Å². The molecule has 0 N–H and O–H groups in total. The Bertz CT molecular complexity index is 192. The first-order valence-corrected chi connectivity index (χ1v) is 10.8. The monoisotopic (exact) mass is 348 g/mol. The number of hydrogen-bond acceptors (Lipinski definition) is 0. The molecule has 0 aromatic carbocycles. The van der Waals surface area contributed by atoms with Gasteiger partial charge in [-0.1, -0.05) is 76.4 Å². The second kappa shape index (κ2) is 21.3. The summed E-state index contributed by atoms with van der Waals surface area (Å²) in [6, 6.07) is 0. The Balaban J connectivity index is 3.03. The van der Waals surface area contributed by atoms with Gasteiger partial charge < -0.3 is 0 Å². The van der Waals surface area contributed by atoms with Crippen molar-refractivity contribution in [2.45, 2.75) is 103 Å². The number of halogens is 2. The third kappa shape index (κ3) is 20.3. The van der Waals surface area contributed by atoms with Gasteiger partial charge >= 0.3 is 0 Å². The topological polar surface area (TPSA) is 0 Å². The fourth-order valence-corrected chi connectivity index (χ4v) is 3.09. The van der Waals surface area contributed by atoms with E-state index >= 15 is 0 Å². The largest absolute Gasteiger partial charge is 0.127 e. The van der Waals surface area contributed by atoms with Gasteiger partial charge in [-0.25, -0.2) is 0 Å². The van der Waals surface area contributed by atoms with E-state index in [4.69, 9.17) is 23.2 Å². The molecule has 0 amide bonds. The molecule has 0 heterocycles. The van der Waals surface area contributed by atoms with Crippen LogP contribution >= 0.6 is 23.2 Å². The molecular weight excluding hydrogens is 311 g/mol. The van der Waals surface area contributed by atoms with Crippen molar-refractivity contribution in [3.05, 3.63) is 12.2 Å². The maximum atomic E-state index is 5.67. The molecule has 0 aromatic rings. The molecular formula is C20H38Cl2. The van der Waals surface area contributed by atoms with Crippen LogP contribution in [0.2, 0.25) is 0 Å². The van der Waals surface area contributed by atoms with Crippen LogP contribution in [0.5, 0.6) is 0 Å². The van der Waals surface area contributed by atoms with Crippen molar-refractivity contribution < 1.29 is 0 Å². The van der Waals surface area contributed by atoms with E-state index in [0.29, 0.717) is 0 Å². The summed E-state index contributed by atoms with van der Waals surface area (Å²) in [6.07, 6.45) is 26.2. The van der Waals surface area contributed by atoms with E-state index in [9.17, 15) is 0 Å². The van der Waals surface area contributed by atoms with Crippen LogP contribution in [-0.4, -0.2) is 11.8 Å². The Labute approximate surface area is 150 Å². The molecule has 0 radical (unpaired) electrons. The van der Waals surface area contributed by atoms with Gasteiger partial charge in [-0.2, -0.15) is 0 Å². The van der Waals surface area contributed by atoms with Gasteiger partial charge in [-0.3, -0.25) is 0 Å². The summed E-state index contributed by atoms with van der Waals surface area (Å²) < 4.78 is 0. The molecule has 0 rings (SSSR count). The molecule has 132 valence electrons. The molecule has 0 saturated heterocycles. The van der Waals surface area contributed by atoms with E-state index in [-0.39, 0.29) is 0 Å². The van der Waals surface area contributed by atoms with Crippen LogP contribution in [0.3, 0.4) is 0 Å². The van der Waals surface area contributed by atoms with Crippen LogP contribution < -0.4 is 0 Å². The van der Waals surface area contributed by atoms with E-state index in [2.05, 4.69) is 12.2 Å². The van der Waals surface area contributed by atoms with Gasteiger partial charge in [0.15, 0.2) is 0 Å². The highest BCUT2D eigenvalue weighted by molar-refractivity contribution is 6.18. The smallest absolute Gasteiger partial charge is 0.0223 e. The molecule has 0 bridgehead atoms. The minimum atomic E-state index is 0.832. The summed E-state index contributed by atoms with van der Waals surface area (Å²) in [5.74, 6) is 1.66. The predicted octanol–water partition coefficient (Wildman–Crippen LogP) is 8.26. The summed E-state index contributed by atoms with van der Waals surface area (Å²) in [6.45, 7) is 0. The van der Waals surface area contributed by atoms with Crippen molar-refractivity contribution in [3.63, 3.8) is 0 Å². The second-order valence-electron chi connectivity index (χ2n) is 6.38. The molecule has 0 atom stereocenters. The van der Waals surface area contributed by atoms with Crippen molar-refractivity contribution in [3.8, 4) is 0 Å². The Hall–Kier alpha value is 0.320. The Morgan fingerprint density at radius 2 is 0.636 bits per heavy atom. The molecule has 0 aliphatic rings. The van der Waals surface area contributed by atoms with Crippen LogP contribution in [0, 0.1) is 0 Å². The number of hydrogen-bond donors (Lipinski definition) is 0. The molecule has 0 aliphatic carbocycles. The summed E-state index contributed by atoms with van der Waals surface area (Å²) >= 11 is 11.3. The molecule has 2 heteroatoms. The van der Waals surface area contributed by atoms with Crippen molar-refractivity contribution in [1.29, 1.82) is 0 Å². The Morgan fingerprint density at radius 1 is 0.364 bits per heavy atom. The minimum Gasteiger partial charge on any atom is -0.127 e. The van der Waals surface area contributed by atoms with E-state index < -0.39 is 0 Å². The summed E-state index contributed by atoms with van der Waals surface area (Å²) in [7, 11) is 0. The third-order valence-electron chi connectivity index (χ3n) is 4.18. The quantitative estimate of drug-likeness (QED) is 0.133. The molecule has 0 aromatic heterocycles. The SMILES string of the molecule is ClCCCCCCCCC/C=C/CCCCCCCCCCl. The lowest BCUT2D eigenvalue weighted by Gasteiger charge is -2.00. The Kier molecular flexibility index (Phi) is 21.6. The van der Waals surface area contributed by atoms with Crippen LogP contribution in [0.1, 0.15) is 103 Å². The summed E-state index contributed by atoms with van der Waals surface area (Å²) in [5, 5.41) is 0. The lowest BCUT2D eigenvalue weighted by atomic mass is 10.1. The molecule has 0 aliphatic heterocycles. The van der Waals surface area contributed by atoms with Crippen molar-refractivity contribution >= 4 is 23.2 Å². The first kappa shape index (κ1) is 22.3. The standard InChI is InChI=1S/C20H38Cl2/c21-19-17-15-13-11-9-7-5-3-1-2-4-6-8-10-12-14-16-18-20-22/h1-2H,3-20H2/b2-1+. The number of rotatable bonds is 18. The highest BCUT2D eigenvalue weighted by Gasteiger charge is 1.92. The van der Waals surface area contributed by atoms with Gasteiger partial charge in [-0.05, 0) is 38.5 Å². The normalized spacial score (nSPS) is 11.5. The molecule has 0 spiro atoms. The zero-order valence-corrected chi connectivity index (χ0v) is 16.2. The molecule has 0 unspecified atom stereocenters. The van der Waals surface area contributed by atoms with Gasteiger partial charge in [0, 0.05) is 11.8 Å². The lowest BCUT2D eigenvalue weighted by Crippen LogP contribution is -1.81. The maximum Gasteiger partial charge on any atom is 0.0223 e. The minimum absolute atomic E-state index is 0.832. The first-order chi connectivity index (χ1) is 10.9. The highest BCUT2D eigenvalue weighted by atomic mass is 35.5. The van der Waals surface area contributed by atoms with Crippen molar-refractivity contribution in [2.24, 2.45) is 0 Å². The van der Waals surface area contributed by atoms with Crippen molar-refractivity contribution in [2.75, 3.05) is 11.8 Å². The zero-order chi connectivity index (χ0) is 16.1. The van der Waals surface area contributed by atoms with Crippen LogP contribution in [0.25, 0.3) is 0 Å². The van der Waals surface area contributed by atoms with Crippen molar-refractivity contribution in [1.82, 2.24) is 0 Å². The fraction of sp³-hybridized carbons (Fsp3) is 0.900. The van der Waals surface area contributed by atoms with E-state index in [0.717, 1.165) is 11.8 Å². The molecule has 0 fully saturated rings. The van der Waals surface area contributed by atoms with Crippen LogP contribution in [-0.2, 0) is 0 Å². The summed E-state index contributed by atoms with van der Waals surface area (Å²) in [4.78, 5) is 0. The first-order valence-electron chi connectivity index (χ1n) is 9.68. The number of unbranched alkanes of at least 4 members (excludes halogenated alkanes) is 14. The maximum absolute atomic E-state index is 5.67. The van der Waals surface area contributed by atoms with E-state index in [1.807, 2.05) is 0 Å². The average molecular weight is 349 g/mol. The van der Waals surface area contributed by atoms with Crippen LogP contribution in [0.15, 0.2) is 12.2 Å². The second-order valence-corrected chi connectivity index (χ2v) is 7.13. The predicted molar refractivity (Wildman–Crippen MR) is 104 cm³/mol. The van der Waals surface area contributed by atoms with Gasteiger partial charge in [0.1, 0.15) is 0 Å². The third-order valence-corrected chi connectivity index (χ3v) is 4.71. The van der Waals surface area contributed by atoms with E-state index in [1.54, 1.807) is 0 Å². The lowest BCUT2D eigenvalue weighted by molar-refractivity contribution is 0.589. The van der Waals surface area contributed by atoms with Crippen LogP contribution in [0.4, 0.5) is 0 Å². The molecule has 0 saturated carbocycles. The van der Waals surface area contributed by atoms with Gasteiger partial charge in [-0.15, -0.1) is 23.2 Å². The number of allylic oxidation sites excluding steroid dienone is 2. The van der Waals surface area contributed by atoms with Gasteiger partial charge in [0.05, 0.1) is 0 Å². The molecule has 0 nitrogen and oxygen atoms in total. The van der Waals surface area contributed by atoms with Gasteiger partial charge in [0.25, 0.3) is 0 Å². The molecule has 22 heavy (non-hydrogen) atoms. The van der Waals surface area contributed by atoms with Gasteiger partial charge in [0.2, 0.25) is 0 Å². The Morgan fingerprint density at radius 3 is 0.955 bits per heavy atom. The average Bonchev–Trinajstić information content (AvgIpc) is 2.54. The zero-order valence-electron chi connectivity index (χ0n) is 14.6. The highest BCUT2D eigenvalue weighted by Crippen LogP contribution is 2.11. The fourth-order valence-electron chi connectivity index (χ4n) is 2.72. The number of alkyl halides is 2. The summed E-state index contributed by atoms with van der Waals surface area (Å²) in [5.41, 5.74) is 0.